The predicted octanol–water partition coefficient (Wildman–Crippen LogP) is 0.694. The molecule has 0 amide bonds. The van der Waals surface area contributed by atoms with Gasteiger partial charge in [0.15, 0.2) is 0 Å². The molecule has 0 saturated heterocycles. The van der Waals surface area contributed by atoms with Crippen molar-refractivity contribution in [1.82, 2.24) is 14.2 Å². The molecule has 2 aromatic rings. The van der Waals surface area contributed by atoms with Crippen molar-refractivity contribution in [2.75, 3.05) is 0 Å². The monoisotopic (exact) mass is 237 g/mol. The van der Waals surface area contributed by atoms with Crippen LogP contribution in [-0.2, 0) is 12.8 Å². The molecule has 2 heterocycles. The van der Waals surface area contributed by atoms with Gasteiger partial charge < -0.3 is 0 Å². The molecule has 3 rings (SSSR count). The Hall–Kier alpha value is -0.991. The van der Waals surface area contributed by atoms with Crippen molar-refractivity contribution in [3.05, 3.63) is 28.5 Å². The number of hydrogen-bond donors (Lipinski definition) is 0. The fraction of sp³-hybridized carbons (Fsp3) is 0.222. The molecule has 13 heavy (non-hydrogen) atoms. The molecule has 0 spiro atoms. The van der Waals surface area contributed by atoms with E-state index in [1.807, 2.05) is 12.3 Å². The molecule has 0 aromatic carbocycles. The third kappa shape index (κ3) is 1.06. The number of fused-ring (bicyclic) bond motifs is 3. The van der Waals surface area contributed by atoms with E-state index in [9.17, 15) is 0 Å². The number of hydrogen-bond acceptors (Lipinski definition) is 3. The molecule has 0 atom stereocenters. The van der Waals surface area contributed by atoms with Crippen LogP contribution in [0.1, 0.15) is 10.1 Å². The van der Waals surface area contributed by atoms with Crippen molar-refractivity contribution in [1.29, 1.82) is 0 Å². The molecule has 0 N–H and O–H groups in total. The average molecular weight is 236 g/mol. The second-order valence-corrected chi connectivity index (χ2v) is 4.80. The van der Waals surface area contributed by atoms with Crippen molar-refractivity contribution < 1.29 is 0 Å². The van der Waals surface area contributed by atoms with Gasteiger partial charge in [-0.3, -0.25) is 0 Å². The van der Waals surface area contributed by atoms with Crippen LogP contribution in [0.2, 0.25) is 0 Å². The summed E-state index contributed by atoms with van der Waals surface area (Å²) in [5.41, 5.74) is 3.49. The maximum atomic E-state index is 4.35. The van der Waals surface area contributed by atoms with Crippen molar-refractivity contribution in [3.63, 3.8) is 0 Å². The fourth-order valence-corrected chi connectivity index (χ4v) is 3.03. The Morgan fingerprint density at radius 1 is 1.31 bits per heavy atom. The number of aromatic nitrogens is 3. The average Bonchev–Trinajstić information content (AvgIpc) is 2.65. The van der Waals surface area contributed by atoms with Crippen LogP contribution < -0.4 is 0 Å². The van der Waals surface area contributed by atoms with E-state index in [1.54, 1.807) is 0 Å². The first-order valence-corrected chi connectivity index (χ1v) is 5.83. The molecule has 0 radical (unpaired) electrons. The van der Waals surface area contributed by atoms with Crippen LogP contribution in [0.15, 0.2) is 18.3 Å². The summed E-state index contributed by atoms with van der Waals surface area (Å²) in [6.45, 7) is 0. The van der Waals surface area contributed by atoms with Gasteiger partial charge in [0.2, 0.25) is 0 Å². The van der Waals surface area contributed by atoms with Gasteiger partial charge in [0, 0.05) is 0 Å². The summed E-state index contributed by atoms with van der Waals surface area (Å²) in [5, 5.41) is 4.19. The van der Waals surface area contributed by atoms with Crippen LogP contribution in [0.5, 0.6) is 0 Å². The summed E-state index contributed by atoms with van der Waals surface area (Å²) < 4.78 is 5.55. The van der Waals surface area contributed by atoms with Crippen molar-refractivity contribution in [2.24, 2.45) is 0 Å². The van der Waals surface area contributed by atoms with E-state index >= 15 is 0 Å². The number of aryl methyl sites for hydroxylation is 2. The Morgan fingerprint density at radius 2 is 2.31 bits per heavy atom. The summed E-state index contributed by atoms with van der Waals surface area (Å²) in [7, 11) is 0. The van der Waals surface area contributed by atoms with Gasteiger partial charge in [0.05, 0.1) is 0 Å². The van der Waals surface area contributed by atoms with Crippen LogP contribution in [0.25, 0.3) is 11.3 Å². The number of rotatable bonds is 0. The molecule has 1 aliphatic carbocycles. The summed E-state index contributed by atoms with van der Waals surface area (Å²) in [4.78, 5) is 4.35. The number of pyridine rings is 1. The Kier molecular flexibility index (Phi) is 1.57. The second kappa shape index (κ2) is 2.75. The van der Waals surface area contributed by atoms with E-state index in [2.05, 4.69) is 20.2 Å². The first-order valence-electron chi connectivity index (χ1n) is 4.20. The predicted molar refractivity (Wildman–Crippen MR) is 49.6 cm³/mol. The molecule has 0 unspecified atom stereocenters. The molecule has 3 nitrogen and oxygen atoms in total. The molecule has 0 saturated carbocycles. The van der Waals surface area contributed by atoms with Crippen LogP contribution in [0.4, 0.5) is 0 Å². The SMILES string of the molecule is c1cnc2c(c1)-c1nn[se]c1CC2. The standard InChI is InChI=1S/C9H7N3Se/c1-2-6-7(10-5-1)3-4-8-9(6)11-12-13-8/h1-2,5H,3-4H2. The third-order valence-electron chi connectivity index (χ3n) is 2.29. The Bertz CT molecular complexity index is 450. The molecule has 64 valence electrons. The van der Waals surface area contributed by atoms with Gasteiger partial charge in [-0.15, -0.1) is 0 Å². The summed E-state index contributed by atoms with van der Waals surface area (Å²) >= 11 is 0.267. The van der Waals surface area contributed by atoms with Crippen LogP contribution >= 0.6 is 0 Å². The zero-order chi connectivity index (χ0) is 8.67. The van der Waals surface area contributed by atoms with Crippen molar-refractivity contribution in [2.45, 2.75) is 12.8 Å². The summed E-state index contributed by atoms with van der Waals surface area (Å²) in [5.74, 6) is 0. The van der Waals surface area contributed by atoms with Crippen LogP contribution in [0, 0.1) is 0 Å². The third-order valence-corrected chi connectivity index (χ3v) is 3.93. The van der Waals surface area contributed by atoms with Crippen molar-refractivity contribution in [3.8, 4) is 11.3 Å². The molecule has 0 aliphatic heterocycles. The van der Waals surface area contributed by atoms with Gasteiger partial charge in [-0.1, -0.05) is 0 Å². The maximum absolute atomic E-state index is 4.35. The zero-order valence-electron chi connectivity index (χ0n) is 6.90. The first-order chi connectivity index (χ1) is 6.45. The van der Waals surface area contributed by atoms with Gasteiger partial charge >= 0.3 is 81.5 Å². The van der Waals surface area contributed by atoms with Gasteiger partial charge in [-0.05, 0) is 0 Å². The first kappa shape index (κ1) is 7.42. The molecule has 0 fully saturated rings. The molecule has 0 bridgehead atoms. The van der Waals surface area contributed by atoms with E-state index < -0.39 is 0 Å². The molecular formula is C9H7N3Se. The van der Waals surface area contributed by atoms with E-state index in [1.165, 1.54) is 15.7 Å². The quantitative estimate of drug-likeness (QED) is 0.632. The molecular weight excluding hydrogens is 229 g/mol. The second-order valence-electron chi connectivity index (χ2n) is 3.04. The van der Waals surface area contributed by atoms with Crippen LogP contribution in [0.3, 0.4) is 0 Å². The Morgan fingerprint density at radius 3 is 3.31 bits per heavy atom. The summed E-state index contributed by atoms with van der Waals surface area (Å²) in [6, 6.07) is 4.06. The van der Waals surface area contributed by atoms with E-state index in [0.717, 1.165) is 18.5 Å². The normalized spacial score (nSPS) is 13.5. The topological polar surface area (TPSA) is 38.7 Å². The van der Waals surface area contributed by atoms with Crippen molar-refractivity contribution >= 4 is 14.7 Å². The summed E-state index contributed by atoms with van der Waals surface area (Å²) in [6.07, 6.45) is 4.01. The van der Waals surface area contributed by atoms with E-state index in [0.29, 0.717) is 0 Å². The minimum atomic E-state index is 0.267. The fourth-order valence-electron chi connectivity index (χ4n) is 1.66. The van der Waals surface area contributed by atoms with Crippen LogP contribution in [-0.4, -0.2) is 28.9 Å². The molecule has 1 aliphatic rings. The Balaban J connectivity index is 2.30. The van der Waals surface area contributed by atoms with E-state index in [4.69, 9.17) is 0 Å². The Labute approximate surface area is 81.8 Å². The van der Waals surface area contributed by atoms with Gasteiger partial charge in [-0.25, -0.2) is 0 Å². The van der Waals surface area contributed by atoms with Gasteiger partial charge in [-0.2, -0.15) is 0 Å². The minimum absolute atomic E-state index is 0.267. The molecule has 2 aromatic heterocycles. The van der Waals surface area contributed by atoms with Gasteiger partial charge in [0.25, 0.3) is 0 Å². The molecule has 4 heteroatoms. The number of nitrogens with zero attached hydrogens (tertiary/aromatic N) is 3. The van der Waals surface area contributed by atoms with Gasteiger partial charge in [0.1, 0.15) is 0 Å². The van der Waals surface area contributed by atoms with E-state index in [-0.39, 0.29) is 14.7 Å². The zero-order valence-corrected chi connectivity index (χ0v) is 8.61.